The van der Waals surface area contributed by atoms with E-state index in [1.54, 1.807) is 52.5 Å². The van der Waals surface area contributed by atoms with E-state index in [1.165, 1.54) is 43.9 Å². The van der Waals surface area contributed by atoms with Crippen LogP contribution in [0, 0.1) is 45.3 Å². The smallest absolute Gasteiger partial charge is 0.460 e. The number of rotatable bonds is 14. The van der Waals surface area contributed by atoms with Crippen LogP contribution in [-0.2, 0) is 66.7 Å². The minimum absolute atomic E-state index is 0.00725. The summed E-state index contributed by atoms with van der Waals surface area (Å²) in [5.41, 5.74) is -8.14. The highest BCUT2D eigenvalue weighted by atomic mass is 32.2. The number of allylic oxidation sites excluding steroid dienone is 8. The molecular weight excluding hydrogens is 1170 g/mol. The fourth-order valence-electron chi connectivity index (χ4n) is 11.6. The summed E-state index contributed by atoms with van der Waals surface area (Å²) in [6, 6.07) is 0. The summed E-state index contributed by atoms with van der Waals surface area (Å²) in [5.74, 6) is -1.53. The third-order valence-corrected chi connectivity index (χ3v) is 19.0. The predicted octanol–water partition coefficient (Wildman–Crippen LogP) is 16.1. The molecule has 0 amide bonds. The van der Waals surface area contributed by atoms with E-state index in [-0.39, 0.29) is 72.7 Å². The van der Waals surface area contributed by atoms with Crippen LogP contribution in [0.4, 0.5) is 26.3 Å². The van der Waals surface area contributed by atoms with Crippen LogP contribution in [0.1, 0.15) is 216 Å². The zero-order chi connectivity index (χ0) is 66.5. The van der Waals surface area contributed by atoms with Crippen LogP contribution in [0.5, 0.6) is 0 Å². The van der Waals surface area contributed by atoms with Gasteiger partial charge in [-0.15, -0.1) is 10.9 Å². The van der Waals surface area contributed by atoms with Crippen molar-refractivity contribution in [3.8, 4) is 0 Å². The lowest BCUT2D eigenvalue weighted by molar-refractivity contribution is -0.157. The summed E-state index contributed by atoms with van der Waals surface area (Å²) in [5, 5.41) is 0. The molecule has 4 aliphatic carbocycles. The monoisotopic (exact) mass is 1270 g/mol. The molecule has 0 saturated carbocycles. The van der Waals surface area contributed by atoms with Crippen molar-refractivity contribution in [1.29, 1.82) is 0 Å². The minimum atomic E-state index is -5.65. The van der Waals surface area contributed by atoms with Gasteiger partial charge in [0.2, 0.25) is 0 Å². The molecule has 0 bridgehead atoms. The Morgan fingerprint density at radius 2 is 0.767 bits per heavy atom. The summed E-state index contributed by atoms with van der Waals surface area (Å²) >= 11 is 0. The molecule has 4 atom stereocenters. The van der Waals surface area contributed by atoms with Gasteiger partial charge in [-0.05, 0) is 179 Å². The van der Waals surface area contributed by atoms with Gasteiger partial charge in [-0.1, -0.05) is 92.8 Å². The molecular formula is C62H100B2F6O14S2. The molecule has 0 aromatic heterocycles. The normalized spacial score (nSPS) is 23.6. The van der Waals surface area contributed by atoms with E-state index in [4.69, 9.17) is 18.9 Å². The second kappa shape index (κ2) is 28.1. The van der Waals surface area contributed by atoms with Gasteiger partial charge >= 0.3 is 55.1 Å². The zero-order valence-electron chi connectivity index (χ0n) is 54.9. The van der Waals surface area contributed by atoms with Crippen LogP contribution >= 0.6 is 0 Å². The molecule has 6 rings (SSSR count). The third-order valence-electron chi connectivity index (χ3n) is 17.0. The number of esters is 4. The van der Waals surface area contributed by atoms with Crippen molar-refractivity contribution in [1.82, 2.24) is 0 Å². The fraction of sp³-hybridized carbons (Fsp3) is 0.806. The van der Waals surface area contributed by atoms with Gasteiger partial charge in [-0.2, -0.15) is 43.2 Å². The molecule has 14 nitrogen and oxygen atoms in total. The van der Waals surface area contributed by atoms with E-state index in [0.29, 0.717) is 66.2 Å². The van der Waals surface area contributed by atoms with Crippen LogP contribution in [0.25, 0.3) is 0 Å². The quantitative estimate of drug-likeness (QED) is 0.0398. The second-order valence-corrected chi connectivity index (χ2v) is 34.0. The van der Waals surface area contributed by atoms with Crippen molar-refractivity contribution in [2.24, 2.45) is 45.3 Å². The van der Waals surface area contributed by atoms with Crippen LogP contribution in [0.15, 0.2) is 46.8 Å². The fourth-order valence-corrected chi connectivity index (χ4v) is 12.7. The number of carbonyl (C=O) groups excluding carboxylic acids is 4. The van der Waals surface area contributed by atoms with Gasteiger partial charge in [0.15, 0.2) is 13.4 Å². The Bertz CT molecular complexity index is 2720. The summed E-state index contributed by atoms with van der Waals surface area (Å²) < 4.78 is 146. The Hall–Kier alpha value is -3.95. The number of halogens is 6. The van der Waals surface area contributed by atoms with Crippen LogP contribution < -0.4 is 0 Å². The zero-order valence-corrected chi connectivity index (χ0v) is 56.5. The lowest BCUT2D eigenvalue weighted by Crippen LogP contribution is -2.26. The second-order valence-electron chi connectivity index (χ2n) is 30.9. The number of carbonyl (C=O) groups is 4. The van der Waals surface area contributed by atoms with Gasteiger partial charge in [0.25, 0.3) is 0 Å². The van der Waals surface area contributed by atoms with E-state index in [2.05, 4.69) is 75.9 Å². The molecule has 6 aliphatic rings. The maximum absolute atomic E-state index is 12.2. The summed E-state index contributed by atoms with van der Waals surface area (Å²) in [7, 11) is -11.3. The Morgan fingerprint density at radius 3 is 1.14 bits per heavy atom. The number of hydrogen-bond donors (Lipinski definition) is 0. The Kier molecular flexibility index (Phi) is 24.9. The molecule has 2 fully saturated rings. The SMILES string of the molecule is CC(C)(C)OC(=O)CC1C=C(B2CC(C)(C)C(C)(C)C2)CC1.CC(C)(C)OC(=O)CC1C=C(OS(=O)(=O)C(F)(F)F)CC1.CC(C)(C)OC(=O)CC1CC=C(B2CC(C)(C)C(C)(C)C2)C1.CC(C)(C)OC(=O)CC1CC=C(OS(=O)(=O)C(F)(F)F)C1. The summed E-state index contributed by atoms with van der Waals surface area (Å²) in [6.07, 6.45) is 18.5. The Labute approximate surface area is 511 Å². The lowest BCUT2D eigenvalue weighted by Gasteiger charge is -2.35. The van der Waals surface area contributed by atoms with E-state index >= 15 is 0 Å². The average Bonchev–Trinajstić information content (AvgIpc) is 3.35. The van der Waals surface area contributed by atoms with Gasteiger partial charge in [-0.3, -0.25) is 19.2 Å². The van der Waals surface area contributed by atoms with E-state index in [9.17, 15) is 62.4 Å². The van der Waals surface area contributed by atoms with Crippen molar-refractivity contribution in [2.75, 3.05) is 0 Å². The van der Waals surface area contributed by atoms with Gasteiger partial charge in [0.05, 0.1) is 12.8 Å². The Balaban J connectivity index is 0.000000300. The highest BCUT2D eigenvalue weighted by Gasteiger charge is 2.52. The molecule has 2 saturated heterocycles. The molecule has 492 valence electrons. The largest absolute Gasteiger partial charge is 0.534 e. The van der Waals surface area contributed by atoms with Crippen molar-refractivity contribution < 1.29 is 89.7 Å². The van der Waals surface area contributed by atoms with Crippen LogP contribution in [0.2, 0.25) is 25.3 Å². The highest BCUT2D eigenvalue weighted by molar-refractivity contribution is 7.88. The van der Waals surface area contributed by atoms with E-state index < -0.39 is 60.3 Å². The van der Waals surface area contributed by atoms with Gasteiger partial charge in [0.1, 0.15) is 33.9 Å². The number of hydrogen-bond acceptors (Lipinski definition) is 14. The predicted molar refractivity (Wildman–Crippen MR) is 323 cm³/mol. The van der Waals surface area contributed by atoms with E-state index in [1.807, 2.05) is 41.5 Å². The first-order chi connectivity index (χ1) is 38.4. The molecule has 86 heavy (non-hydrogen) atoms. The van der Waals surface area contributed by atoms with Crippen molar-refractivity contribution >= 4 is 57.5 Å². The molecule has 4 unspecified atom stereocenters. The number of ether oxygens (including phenoxy) is 4. The summed E-state index contributed by atoms with van der Waals surface area (Å²) in [6.45, 7) is 42.4. The maximum Gasteiger partial charge on any atom is 0.534 e. The molecule has 0 N–H and O–H groups in total. The molecule has 0 aromatic carbocycles. The molecule has 0 spiro atoms. The molecule has 0 aromatic rings. The van der Waals surface area contributed by atoms with Crippen LogP contribution in [-0.4, -0.2) is 87.6 Å². The van der Waals surface area contributed by atoms with E-state index in [0.717, 1.165) is 19.3 Å². The molecule has 2 heterocycles. The van der Waals surface area contributed by atoms with Gasteiger partial charge in [0, 0.05) is 25.7 Å². The first kappa shape index (κ1) is 76.3. The molecule has 24 heteroatoms. The lowest BCUT2D eigenvalue weighted by atomic mass is 9.41. The minimum Gasteiger partial charge on any atom is -0.460 e. The average molecular weight is 1270 g/mol. The van der Waals surface area contributed by atoms with Crippen molar-refractivity contribution in [3.05, 3.63) is 46.8 Å². The number of alkyl halides is 6. The van der Waals surface area contributed by atoms with Gasteiger partial charge in [-0.25, -0.2) is 0 Å². The Morgan fingerprint density at radius 1 is 0.453 bits per heavy atom. The highest BCUT2D eigenvalue weighted by Crippen LogP contribution is 2.56. The summed E-state index contributed by atoms with van der Waals surface area (Å²) in [4.78, 5) is 47.2. The first-order valence-electron chi connectivity index (χ1n) is 30.1. The van der Waals surface area contributed by atoms with Crippen LogP contribution in [0.3, 0.4) is 0 Å². The van der Waals surface area contributed by atoms with Crippen molar-refractivity contribution in [2.45, 2.75) is 274 Å². The standard InChI is InChI=1S/2C19H33BO2.2C12H17F3O5S/c2*1-17(2,3)22-16(21)11-14-8-9-15(10-14)20-12-18(4,5)19(6,7)13-20;2*1-11(2,3)19-10(16)7-8-4-5-9(6-8)20-21(17,18)12(13,14)15/h10,14H,8-9,11-13H2,1-7H3;9,14H,8,10-13H2,1-7H3;6,8H,4-5,7H2,1-3H3;5,8H,4,6-7H2,1-3H3. The van der Waals surface area contributed by atoms with Crippen molar-refractivity contribution in [3.63, 3.8) is 0 Å². The molecule has 2 aliphatic heterocycles. The maximum atomic E-state index is 12.2. The molecule has 0 radical (unpaired) electrons. The third kappa shape index (κ3) is 24.8. The van der Waals surface area contributed by atoms with Gasteiger partial charge < -0.3 is 27.3 Å². The topological polar surface area (TPSA) is 192 Å². The first-order valence-corrected chi connectivity index (χ1v) is 32.9.